The Labute approximate surface area is 225 Å². The molecule has 3 aromatic rings. The van der Waals surface area contributed by atoms with Gasteiger partial charge in [0.15, 0.2) is 5.13 Å². The molecule has 0 spiro atoms. The third-order valence-corrected chi connectivity index (χ3v) is 8.12. The van der Waals surface area contributed by atoms with E-state index < -0.39 is 23.1 Å². The SMILES string of the molecule is CC(Sc1cccc(NC(=O)C2CC=CCC2C(=O)O)c1)C(=O)Nc1nc(-c2ccc(Br)cc2)cs1. The lowest BCUT2D eigenvalue weighted by Gasteiger charge is -2.24. The number of aromatic nitrogens is 1. The van der Waals surface area contributed by atoms with Crippen LogP contribution in [0, 0.1) is 11.8 Å². The van der Waals surface area contributed by atoms with Crippen LogP contribution in [0.25, 0.3) is 11.3 Å². The summed E-state index contributed by atoms with van der Waals surface area (Å²) in [6.07, 6.45) is 4.40. The number of hydrogen-bond donors (Lipinski definition) is 3. The lowest BCUT2D eigenvalue weighted by Crippen LogP contribution is -2.34. The van der Waals surface area contributed by atoms with Gasteiger partial charge in [0.25, 0.3) is 0 Å². The molecular weight excluding hydrogens is 562 g/mol. The van der Waals surface area contributed by atoms with Crippen LogP contribution < -0.4 is 10.6 Å². The van der Waals surface area contributed by atoms with Crippen molar-refractivity contribution >= 4 is 67.6 Å². The lowest BCUT2D eigenvalue weighted by molar-refractivity contribution is -0.146. The molecule has 2 amide bonds. The number of halogens is 1. The van der Waals surface area contributed by atoms with Gasteiger partial charge in [0.2, 0.25) is 11.8 Å². The van der Waals surface area contributed by atoms with Gasteiger partial charge in [-0.25, -0.2) is 4.98 Å². The highest BCUT2D eigenvalue weighted by Gasteiger charge is 2.34. The number of rotatable bonds is 8. The molecule has 36 heavy (non-hydrogen) atoms. The monoisotopic (exact) mass is 585 g/mol. The fraction of sp³-hybridized carbons (Fsp3) is 0.231. The Morgan fingerprint density at radius 2 is 1.81 bits per heavy atom. The predicted molar refractivity (Wildman–Crippen MR) is 147 cm³/mol. The summed E-state index contributed by atoms with van der Waals surface area (Å²) in [4.78, 5) is 42.4. The van der Waals surface area contributed by atoms with Gasteiger partial charge in [0.1, 0.15) is 0 Å². The number of carboxylic acid groups (broad SMARTS) is 1. The molecule has 3 unspecified atom stereocenters. The van der Waals surface area contributed by atoms with Gasteiger partial charge in [-0.05, 0) is 50.1 Å². The maximum Gasteiger partial charge on any atom is 0.307 e. The molecule has 4 rings (SSSR count). The largest absolute Gasteiger partial charge is 0.481 e. The first kappa shape index (κ1) is 26.1. The number of benzene rings is 2. The number of amides is 2. The van der Waals surface area contributed by atoms with Gasteiger partial charge in [-0.15, -0.1) is 23.1 Å². The molecule has 0 fully saturated rings. The molecule has 1 aromatic heterocycles. The van der Waals surface area contributed by atoms with Crippen molar-refractivity contribution in [3.63, 3.8) is 0 Å². The van der Waals surface area contributed by atoms with Crippen LogP contribution in [0.1, 0.15) is 19.8 Å². The first-order valence-corrected chi connectivity index (χ1v) is 13.8. The van der Waals surface area contributed by atoms with Gasteiger partial charge in [-0.3, -0.25) is 14.4 Å². The fourth-order valence-electron chi connectivity index (χ4n) is 3.81. The van der Waals surface area contributed by atoms with E-state index in [4.69, 9.17) is 0 Å². The highest BCUT2D eigenvalue weighted by molar-refractivity contribution is 9.10. The topological polar surface area (TPSA) is 108 Å². The Morgan fingerprint density at radius 3 is 2.53 bits per heavy atom. The summed E-state index contributed by atoms with van der Waals surface area (Å²) in [5, 5.41) is 17.2. The third-order valence-electron chi connectivity index (χ3n) is 5.74. The van der Waals surface area contributed by atoms with E-state index >= 15 is 0 Å². The van der Waals surface area contributed by atoms with Gasteiger partial charge >= 0.3 is 5.97 Å². The molecule has 3 N–H and O–H groups in total. The zero-order valence-corrected chi connectivity index (χ0v) is 22.5. The van der Waals surface area contributed by atoms with Gasteiger partial charge in [-0.2, -0.15) is 0 Å². The fourth-order valence-corrected chi connectivity index (χ4v) is 5.72. The average Bonchev–Trinajstić information content (AvgIpc) is 3.33. The predicted octanol–water partition coefficient (Wildman–Crippen LogP) is 6.30. The number of nitrogens with zero attached hydrogens (tertiary/aromatic N) is 1. The number of anilines is 2. The van der Waals surface area contributed by atoms with Crippen molar-refractivity contribution in [3.05, 3.63) is 70.5 Å². The number of allylic oxidation sites excluding steroid dienone is 2. The summed E-state index contributed by atoms with van der Waals surface area (Å²) in [6.45, 7) is 1.81. The van der Waals surface area contributed by atoms with E-state index in [1.807, 2.05) is 41.8 Å². The molecule has 10 heteroatoms. The van der Waals surface area contributed by atoms with Crippen molar-refractivity contribution in [1.82, 2.24) is 4.98 Å². The summed E-state index contributed by atoms with van der Waals surface area (Å²) in [5.74, 6) is -2.80. The molecule has 186 valence electrons. The molecule has 3 atom stereocenters. The van der Waals surface area contributed by atoms with E-state index in [0.717, 1.165) is 20.6 Å². The van der Waals surface area contributed by atoms with Crippen LogP contribution in [-0.4, -0.2) is 33.1 Å². The first-order chi connectivity index (χ1) is 17.3. The summed E-state index contributed by atoms with van der Waals surface area (Å²) < 4.78 is 0.986. The second-order valence-corrected chi connectivity index (χ2v) is 11.5. The number of carbonyl (C=O) groups is 3. The standard InChI is InChI=1S/C26H24BrN3O4S2/c1-15(23(31)30-26-29-22(14-35-26)16-9-11-17(27)12-10-16)36-19-6-4-5-18(13-19)28-24(32)20-7-2-3-8-21(20)25(33)34/h2-6,9-15,20-21H,7-8H2,1H3,(H,28,32)(H,33,34)(H,29,30,31). The zero-order valence-electron chi connectivity index (χ0n) is 19.3. The van der Waals surface area contributed by atoms with Crippen LogP contribution >= 0.6 is 39.0 Å². The first-order valence-electron chi connectivity index (χ1n) is 11.3. The van der Waals surface area contributed by atoms with Crippen molar-refractivity contribution < 1.29 is 19.5 Å². The third kappa shape index (κ3) is 6.63. The molecule has 0 saturated carbocycles. The molecule has 7 nitrogen and oxygen atoms in total. The number of aliphatic carboxylic acids is 1. The molecule has 0 radical (unpaired) electrons. The Bertz CT molecular complexity index is 1290. The van der Waals surface area contributed by atoms with Crippen LogP contribution in [0.2, 0.25) is 0 Å². The quantitative estimate of drug-likeness (QED) is 0.211. The lowest BCUT2D eigenvalue weighted by atomic mass is 9.82. The second kappa shape index (κ2) is 11.9. The van der Waals surface area contributed by atoms with Gasteiger partial charge < -0.3 is 15.7 Å². The van der Waals surface area contributed by atoms with Crippen LogP contribution in [0.3, 0.4) is 0 Å². The number of hydrogen-bond acceptors (Lipinski definition) is 6. The zero-order chi connectivity index (χ0) is 25.7. The maximum absolute atomic E-state index is 12.8. The number of carboxylic acids is 1. The number of thioether (sulfide) groups is 1. The second-order valence-electron chi connectivity index (χ2n) is 8.31. The average molecular weight is 587 g/mol. The Balaban J connectivity index is 1.35. The van der Waals surface area contributed by atoms with Crippen LogP contribution in [0.5, 0.6) is 0 Å². The van der Waals surface area contributed by atoms with E-state index in [2.05, 4.69) is 31.5 Å². The number of nitrogens with one attached hydrogen (secondary N) is 2. The highest BCUT2D eigenvalue weighted by atomic mass is 79.9. The molecule has 0 aliphatic heterocycles. The minimum atomic E-state index is -0.965. The summed E-state index contributed by atoms with van der Waals surface area (Å²) >= 11 is 6.15. The van der Waals surface area contributed by atoms with E-state index in [9.17, 15) is 19.5 Å². The van der Waals surface area contributed by atoms with E-state index in [1.165, 1.54) is 23.1 Å². The van der Waals surface area contributed by atoms with Crippen molar-refractivity contribution in [3.8, 4) is 11.3 Å². The Kier molecular flexibility index (Phi) is 8.60. The van der Waals surface area contributed by atoms with Gasteiger partial charge in [0.05, 0.1) is 22.8 Å². The number of thiazole rings is 1. The van der Waals surface area contributed by atoms with E-state index in [0.29, 0.717) is 23.7 Å². The van der Waals surface area contributed by atoms with Crippen molar-refractivity contribution in [2.75, 3.05) is 10.6 Å². The molecule has 1 aliphatic carbocycles. The van der Waals surface area contributed by atoms with Gasteiger partial charge in [-0.1, -0.05) is 46.3 Å². The molecule has 1 heterocycles. The normalized spacial score (nSPS) is 17.8. The number of carbonyl (C=O) groups excluding carboxylic acids is 2. The molecular formula is C26H24BrN3O4S2. The van der Waals surface area contributed by atoms with Crippen LogP contribution in [0.4, 0.5) is 10.8 Å². The van der Waals surface area contributed by atoms with Crippen LogP contribution in [0.15, 0.2) is 75.4 Å². The van der Waals surface area contributed by atoms with Crippen molar-refractivity contribution in [2.24, 2.45) is 11.8 Å². The maximum atomic E-state index is 12.8. The minimum absolute atomic E-state index is 0.176. The molecule has 0 bridgehead atoms. The van der Waals surface area contributed by atoms with Crippen LogP contribution in [-0.2, 0) is 14.4 Å². The van der Waals surface area contributed by atoms with Gasteiger partial charge in [0, 0.05) is 26.0 Å². The molecule has 1 aliphatic rings. The van der Waals surface area contributed by atoms with Crippen molar-refractivity contribution in [2.45, 2.75) is 29.9 Å². The highest BCUT2D eigenvalue weighted by Crippen LogP contribution is 2.31. The Hall–Kier alpha value is -2.95. The molecule has 2 aromatic carbocycles. The summed E-state index contributed by atoms with van der Waals surface area (Å²) in [6, 6.07) is 15.0. The van der Waals surface area contributed by atoms with E-state index in [1.54, 1.807) is 31.2 Å². The van der Waals surface area contributed by atoms with Crippen molar-refractivity contribution in [1.29, 1.82) is 0 Å². The summed E-state index contributed by atoms with van der Waals surface area (Å²) in [7, 11) is 0. The smallest absolute Gasteiger partial charge is 0.307 e. The minimum Gasteiger partial charge on any atom is -0.481 e. The summed E-state index contributed by atoms with van der Waals surface area (Å²) in [5.41, 5.74) is 2.33. The Morgan fingerprint density at radius 1 is 1.08 bits per heavy atom. The molecule has 0 saturated heterocycles. The van der Waals surface area contributed by atoms with E-state index in [-0.39, 0.29) is 11.8 Å².